The van der Waals surface area contributed by atoms with Gasteiger partial charge < -0.3 is 4.98 Å². The lowest BCUT2D eigenvalue weighted by Crippen LogP contribution is -2.14. The standard InChI is InChI=1S/C12H10BrClN2O/c1-6-7(2)15-11(16-12(6)17)9-4-3-8(14)5-10(9)13/h3-5H,1-2H3,(H,15,16,17). The molecule has 0 unspecified atom stereocenters. The van der Waals surface area contributed by atoms with Gasteiger partial charge in [0, 0.05) is 26.3 Å². The van der Waals surface area contributed by atoms with Gasteiger partial charge in [0.15, 0.2) is 0 Å². The van der Waals surface area contributed by atoms with Crippen molar-refractivity contribution in [3.63, 3.8) is 0 Å². The van der Waals surface area contributed by atoms with Gasteiger partial charge in [0.2, 0.25) is 0 Å². The van der Waals surface area contributed by atoms with E-state index in [1.807, 2.05) is 13.0 Å². The third-order valence-electron chi connectivity index (χ3n) is 2.58. The lowest BCUT2D eigenvalue weighted by molar-refractivity contribution is 1.03. The van der Waals surface area contributed by atoms with Gasteiger partial charge in [-0.15, -0.1) is 0 Å². The second kappa shape index (κ2) is 4.63. The highest BCUT2D eigenvalue weighted by molar-refractivity contribution is 9.10. The van der Waals surface area contributed by atoms with Crippen molar-refractivity contribution in [3.05, 3.63) is 49.3 Å². The molecule has 0 bridgehead atoms. The van der Waals surface area contributed by atoms with Crippen molar-refractivity contribution in [2.75, 3.05) is 0 Å². The summed E-state index contributed by atoms with van der Waals surface area (Å²) in [6.45, 7) is 3.57. The number of benzene rings is 1. The maximum Gasteiger partial charge on any atom is 0.254 e. The molecular weight excluding hydrogens is 304 g/mol. The van der Waals surface area contributed by atoms with Crippen molar-refractivity contribution < 1.29 is 0 Å². The van der Waals surface area contributed by atoms with Crippen LogP contribution in [0.4, 0.5) is 0 Å². The second-order valence-corrected chi connectivity index (χ2v) is 5.04. The first-order valence-corrected chi connectivity index (χ1v) is 6.19. The predicted octanol–water partition coefficient (Wildman–Crippen LogP) is 3.47. The summed E-state index contributed by atoms with van der Waals surface area (Å²) in [6.07, 6.45) is 0. The fourth-order valence-corrected chi connectivity index (χ4v) is 2.32. The monoisotopic (exact) mass is 312 g/mol. The molecule has 1 heterocycles. The second-order valence-electron chi connectivity index (χ2n) is 3.75. The van der Waals surface area contributed by atoms with Crippen molar-refractivity contribution in [1.29, 1.82) is 0 Å². The fraction of sp³-hybridized carbons (Fsp3) is 0.167. The van der Waals surface area contributed by atoms with Crippen molar-refractivity contribution in [3.8, 4) is 11.4 Å². The Morgan fingerprint density at radius 3 is 2.65 bits per heavy atom. The first-order valence-electron chi connectivity index (χ1n) is 5.02. The zero-order chi connectivity index (χ0) is 12.6. The van der Waals surface area contributed by atoms with E-state index in [9.17, 15) is 4.79 Å². The van der Waals surface area contributed by atoms with Crippen LogP contribution in [0.25, 0.3) is 11.4 Å². The van der Waals surface area contributed by atoms with Crippen molar-refractivity contribution in [2.45, 2.75) is 13.8 Å². The Hall–Kier alpha value is -1.13. The molecule has 3 nitrogen and oxygen atoms in total. The number of halogens is 2. The molecule has 0 spiro atoms. The summed E-state index contributed by atoms with van der Waals surface area (Å²) < 4.78 is 0.802. The molecule has 5 heteroatoms. The number of aromatic amines is 1. The third-order valence-corrected chi connectivity index (χ3v) is 3.47. The number of hydrogen-bond acceptors (Lipinski definition) is 2. The molecule has 0 atom stereocenters. The van der Waals surface area contributed by atoms with Crippen LogP contribution < -0.4 is 5.56 Å². The lowest BCUT2D eigenvalue weighted by Gasteiger charge is -2.06. The molecule has 17 heavy (non-hydrogen) atoms. The molecular formula is C12H10BrClN2O. The highest BCUT2D eigenvalue weighted by atomic mass is 79.9. The number of nitrogens with one attached hydrogen (secondary N) is 1. The van der Waals surface area contributed by atoms with Crippen molar-refractivity contribution in [1.82, 2.24) is 9.97 Å². The van der Waals surface area contributed by atoms with Crippen molar-refractivity contribution in [2.24, 2.45) is 0 Å². The van der Waals surface area contributed by atoms with Gasteiger partial charge in [0.1, 0.15) is 5.82 Å². The van der Waals surface area contributed by atoms with Crippen molar-refractivity contribution >= 4 is 27.5 Å². The summed E-state index contributed by atoms with van der Waals surface area (Å²) in [7, 11) is 0. The van der Waals surface area contributed by atoms with Gasteiger partial charge in [-0.3, -0.25) is 4.79 Å². The molecule has 0 saturated carbocycles. The number of H-pyrrole nitrogens is 1. The number of hydrogen-bond donors (Lipinski definition) is 1. The number of aromatic nitrogens is 2. The first kappa shape index (κ1) is 12.3. The molecule has 0 saturated heterocycles. The largest absolute Gasteiger partial charge is 0.306 e. The molecule has 0 radical (unpaired) electrons. The average molecular weight is 314 g/mol. The summed E-state index contributed by atoms with van der Waals surface area (Å²) in [5.41, 5.74) is 2.06. The number of rotatable bonds is 1. The normalized spacial score (nSPS) is 10.6. The Balaban J connectivity index is 2.65. The van der Waals surface area contributed by atoms with Gasteiger partial charge >= 0.3 is 0 Å². The van der Waals surface area contributed by atoms with E-state index in [4.69, 9.17) is 11.6 Å². The SMILES string of the molecule is Cc1nc(-c2ccc(Cl)cc2Br)[nH]c(=O)c1C. The molecule has 2 rings (SSSR count). The van der Waals surface area contributed by atoms with Crippen LogP contribution in [0, 0.1) is 13.8 Å². The Labute approximate surface area is 112 Å². The van der Waals surface area contributed by atoms with E-state index in [1.54, 1.807) is 19.1 Å². The Morgan fingerprint density at radius 1 is 1.35 bits per heavy atom. The molecule has 0 fully saturated rings. The van der Waals surface area contributed by atoms with Crippen LogP contribution >= 0.6 is 27.5 Å². The van der Waals surface area contributed by atoms with Gasteiger partial charge in [0.05, 0.1) is 0 Å². The number of nitrogens with zero attached hydrogens (tertiary/aromatic N) is 1. The summed E-state index contributed by atoms with van der Waals surface area (Å²) >= 11 is 9.27. The summed E-state index contributed by atoms with van der Waals surface area (Å²) in [5.74, 6) is 0.543. The van der Waals surface area contributed by atoms with E-state index in [2.05, 4.69) is 25.9 Å². The zero-order valence-corrected chi connectivity index (χ0v) is 11.7. The Bertz CT molecular complexity index is 637. The van der Waals surface area contributed by atoms with Crippen LogP contribution in [0.15, 0.2) is 27.5 Å². The molecule has 2 aromatic rings. The lowest BCUT2D eigenvalue weighted by atomic mass is 10.2. The first-order chi connectivity index (χ1) is 7.99. The van der Waals surface area contributed by atoms with Crippen LogP contribution in [0.3, 0.4) is 0 Å². The minimum atomic E-state index is -0.116. The molecule has 0 aliphatic rings. The Kier molecular flexibility index (Phi) is 3.35. The van der Waals surface area contributed by atoms with Crippen LogP contribution in [-0.2, 0) is 0 Å². The predicted molar refractivity (Wildman–Crippen MR) is 72.5 cm³/mol. The molecule has 0 aliphatic carbocycles. The van der Waals surface area contributed by atoms with E-state index in [0.717, 1.165) is 15.7 Å². The van der Waals surface area contributed by atoms with Gasteiger partial charge in [-0.25, -0.2) is 4.98 Å². The van der Waals surface area contributed by atoms with Gasteiger partial charge in [-0.2, -0.15) is 0 Å². The highest BCUT2D eigenvalue weighted by Crippen LogP contribution is 2.28. The topological polar surface area (TPSA) is 45.8 Å². The van der Waals surface area contributed by atoms with Gasteiger partial charge in [-0.05, 0) is 48.0 Å². The van der Waals surface area contributed by atoms with Crippen LogP contribution in [0.5, 0.6) is 0 Å². The molecule has 1 aromatic carbocycles. The van der Waals surface area contributed by atoms with Crippen LogP contribution in [-0.4, -0.2) is 9.97 Å². The van der Waals surface area contributed by atoms with Crippen LogP contribution in [0.1, 0.15) is 11.3 Å². The zero-order valence-electron chi connectivity index (χ0n) is 9.34. The van der Waals surface area contributed by atoms with E-state index in [-0.39, 0.29) is 5.56 Å². The molecule has 0 aliphatic heterocycles. The smallest absolute Gasteiger partial charge is 0.254 e. The summed E-state index contributed by atoms with van der Waals surface area (Å²) in [4.78, 5) is 18.8. The highest BCUT2D eigenvalue weighted by Gasteiger charge is 2.09. The third kappa shape index (κ3) is 2.42. The van der Waals surface area contributed by atoms with Gasteiger partial charge in [-0.1, -0.05) is 11.6 Å². The fourth-order valence-electron chi connectivity index (χ4n) is 1.45. The minimum Gasteiger partial charge on any atom is -0.306 e. The summed E-state index contributed by atoms with van der Waals surface area (Å²) in [5, 5.41) is 0.631. The molecule has 1 aromatic heterocycles. The van der Waals surface area contributed by atoms with Crippen LogP contribution in [0.2, 0.25) is 5.02 Å². The summed E-state index contributed by atoms with van der Waals surface area (Å²) in [6, 6.07) is 5.35. The molecule has 88 valence electrons. The van der Waals surface area contributed by atoms with Gasteiger partial charge in [0.25, 0.3) is 5.56 Å². The van der Waals surface area contributed by atoms with E-state index in [0.29, 0.717) is 16.4 Å². The average Bonchev–Trinajstić information content (AvgIpc) is 2.25. The minimum absolute atomic E-state index is 0.116. The molecule has 1 N–H and O–H groups in total. The number of aryl methyl sites for hydroxylation is 1. The maximum atomic E-state index is 11.7. The quantitative estimate of drug-likeness (QED) is 0.876. The van der Waals surface area contributed by atoms with E-state index >= 15 is 0 Å². The maximum absolute atomic E-state index is 11.7. The Morgan fingerprint density at radius 2 is 2.06 bits per heavy atom. The van der Waals surface area contributed by atoms with E-state index in [1.165, 1.54) is 0 Å². The van der Waals surface area contributed by atoms with E-state index < -0.39 is 0 Å². The molecule has 0 amide bonds.